The molecule has 0 radical (unpaired) electrons. The number of para-hydroxylation sites is 3. The molecule has 4 rings (SSSR count). The number of nitrogens with one attached hydrogen (secondary N) is 1. The van der Waals surface area contributed by atoms with Crippen LogP contribution in [0.1, 0.15) is 0 Å². The minimum atomic E-state index is -0.878. The lowest BCUT2D eigenvalue weighted by Crippen LogP contribution is -2.46. The number of carbonyl (C=O) groups is 2. The predicted octanol–water partition coefficient (Wildman–Crippen LogP) is 1.84. The van der Waals surface area contributed by atoms with Gasteiger partial charge in [-0.15, -0.1) is 10.2 Å². The van der Waals surface area contributed by atoms with Gasteiger partial charge in [-0.25, -0.2) is 0 Å². The Morgan fingerprint density at radius 3 is 2.68 bits per heavy atom. The number of carbonyl (C=O) groups excluding carboxylic acids is 2. The minimum Gasteiger partial charge on any atom is -0.485 e. The van der Waals surface area contributed by atoms with Crippen molar-refractivity contribution < 1.29 is 19.1 Å². The van der Waals surface area contributed by atoms with E-state index in [4.69, 9.17) is 9.47 Å². The van der Waals surface area contributed by atoms with E-state index in [0.717, 1.165) is 5.69 Å². The van der Waals surface area contributed by atoms with Gasteiger partial charge in [-0.2, -0.15) is 0 Å². The van der Waals surface area contributed by atoms with Gasteiger partial charge in [0.2, 0.25) is 12.0 Å². The van der Waals surface area contributed by atoms with Gasteiger partial charge in [0.25, 0.3) is 5.91 Å². The molecule has 2 heterocycles. The molecule has 1 N–H and O–H groups in total. The van der Waals surface area contributed by atoms with Gasteiger partial charge in [0.1, 0.15) is 12.9 Å². The molecule has 0 bridgehead atoms. The number of hydrogen-bond acceptors (Lipinski definition) is 7. The fourth-order valence-electron chi connectivity index (χ4n) is 2.62. The number of ether oxygens (including phenoxy) is 2. The van der Waals surface area contributed by atoms with E-state index >= 15 is 0 Å². The summed E-state index contributed by atoms with van der Waals surface area (Å²) in [6, 6.07) is 16.6. The number of fused-ring (bicyclic) bond motifs is 1. The van der Waals surface area contributed by atoms with Gasteiger partial charge in [0.15, 0.2) is 16.7 Å². The zero-order valence-electron chi connectivity index (χ0n) is 14.6. The molecule has 1 aliphatic heterocycles. The van der Waals surface area contributed by atoms with Crippen LogP contribution in [0.15, 0.2) is 66.1 Å². The Morgan fingerprint density at radius 2 is 1.86 bits per heavy atom. The third-order valence-electron chi connectivity index (χ3n) is 3.95. The van der Waals surface area contributed by atoms with Gasteiger partial charge in [-0.1, -0.05) is 42.1 Å². The molecule has 142 valence electrons. The highest BCUT2D eigenvalue weighted by molar-refractivity contribution is 7.99. The summed E-state index contributed by atoms with van der Waals surface area (Å²) >= 11 is 1.19. The smallest absolute Gasteiger partial charge is 0.271 e. The molecule has 3 aromatic rings. The maximum atomic E-state index is 12.3. The molecule has 0 fully saturated rings. The first-order valence-electron chi connectivity index (χ1n) is 8.51. The Balaban J connectivity index is 1.32. The summed E-state index contributed by atoms with van der Waals surface area (Å²) in [6.07, 6.45) is 0.697. The number of aromatic nitrogens is 3. The van der Waals surface area contributed by atoms with Crippen LogP contribution in [0.4, 0.5) is 0 Å². The van der Waals surface area contributed by atoms with Crippen LogP contribution in [0.5, 0.6) is 11.5 Å². The molecule has 1 aliphatic rings. The van der Waals surface area contributed by atoms with E-state index in [1.165, 1.54) is 11.8 Å². The topological polar surface area (TPSA) is 95.3 Å². The highest BCUT2D eigenvalue weighted by atomic mass is 32.2. The summed E-state index contributed by atoms with van der Waals surface area (Å²) in [5.41, 5.74) is 0.887. The fourth-order valence-corrected chi connectivity index (χ4v) is 3.35. The lowest BCUT2D eigenvalue weighted by Gasteiger charge is -2.25. The monoisotopic (exact) mass is 396 g/mol. The lowest BCUT2D eigenvalue weighted by molar-refractivity contribution is -0.135. The maximum absolute atomic E-state index is 12.3. The summed E-state index contributed by atoms with van der Waals surface area (Å²) in [5, 5.41) is 10.8. The number of amides is 2. The number of nitrogens with zero attached hydrogens (tertiary/aromatic N) is 3. The zero-order valence-corrected chi connectivity index (χ0v) is 15.5. The molecule has 2 amide bonds. The van der Waals surface area contributed by atoms with Gasteiger partial charge in [0, 0.05) is 5.69 Å². The van der Waals surface area contributed by atoms with Crippen LogP contribution in [0, 0.1) is 0 Å². The van der Waals surface area contributed by atoms with Gasteiger partial charge in [-0.3, -0.25) is 19.5 Å². The van der Waals surface area contributed by atoms with Crippen LogP contribution < -0.4 is 14.8 Å². The minimum absolute atomic E-state index is 0.0153. The van der Waals surface area contributed by atoms with Crippen molar-refractivity contribution in [2.45, 2.75) is 11.3 Å². The Bertz CT molecular complexity index is 992. The van der Waals surface area contributed by atoms with Crippen molar-refractivity contribution in [3.8, 4) is 17.2 Å². The van der Waals surface area contributed by atoms with E-state index in [1.807, 2.05) is 36.4 Å². The van der Waals surface area contributed by atoms with E-state index < -0.39 is 17.9 Å². The molecule has 1 aromatic heterocycles. The molecule has 0 spiro atoms. The first-order chi connectivity index (χ1) is 13.7. The van der Waals surface area contributed by atoms with E-state index in [-0.39, 0.29) is 12.4 Å². The molecule has 2 aromatic carbocycles. The van der Waals surface area contributed by atoms with Crippen molar-refractivity contribution in [2.75, 3.05) is 12.4 Å². The zero-order chi connectivity index (χ0) is 19.3. The molecule has 0 unspecified atom stereocenters. The average molecular weight is 396 g/mol. The molecule has 28 heavy (non-hydrogen) atoms. The van der Waals surface area contributed by atoms with Gasteiger partial charge in [-0.05, 0) is 24.3 Å². The highest BCUT2D eigenvalue weighted by Gasteiger charge is 2.28. The van der Waals surface area contributed by atoms with Crippen LogP contribution in [0.2, 0.25) is 0 Å². The molecule has 0 saturated heterocycles. The normalized spacial score (nSPS) is 15.1. The van der Waals surface area contributed by atoms with Crippen molar-refractivity contribution in [3.05, 3.63) is 60.9 Å². The summed E-state index contributed by atoms with van der Waals surface area (Å²) in [4.78, 5) is 24.5. The number of hydrogen-bond donors (Lipinski definition) is 1. The molecule has 1 atom stereocenters. The van der Waals surface area contributed by atoms with Crippen molar-refractivity contribution >= 4 is 23.6 Å². The number of rotatable bonds is 5. The number of imide groups is 1. The Hall–Kier alpha value is -3.33. The van der Waals surface area contributed by atoms with Crippen LogP contribution in [-0.2, 0) is 9.59 Å². The summed E-state index contributed by atoms with van der Waals surface area (Å²) < 4.78 is 12.9. The number of benzene rings is 2. The number of thioether (sulfide) groups is 1. The third kappa shape index (κ3) is 3.99. The first-order valence-corrected chi connectivity index (χ1v) is 9.50. The molecule has 8 nitrogen and oxygen atoms in total. The predicted molar refractivity (Wildman–Crippen MR) is 102 cm³/mol. The molecule has 9 heteroatoms. The Labute approximate surface area is 164 Å². The third-order valence-corrected chi connectivity index (χ3v) is 4.89. The molecular formula is C19H16N4O4S. The van der Waals surface area contributed by atoms with Gasteiger partial charge in [0.05, 0.1) is 5.75 Å². The second-order valence-corrected chi connectivity index (χ2v) is 6.83. The molecular weight excluding hydrogens is 380 g/mol. The van der Waals surface area contributed by atoms with Gasteiger partial charge < -0.3 is 9.47 Å². The van der Waals surface area contributed by atoms with Crippen LogP contribution in [-0.4, -0.2) is 45.0 Å². The van der Waals surface area contributed by atoms with Crippen molar-refractivity contribution in [3.63, 3.8) is 0 Å². The Morgan fingerprint density at radius 1 is 1.11 bits per heavy atom. The fraction of sp³-hybridized carbons (Fsp3) is 0.158. The second kappa shape index (κ2) is 8.13. The Kier molecular flexibility index (Phi) is 5.24. The van der Waals surface area contributed by atoms with E-state index in [1.54, 1.807) is 29.1 Å². The van der Waals surface area contributed by atoms with E-state index in [2.05, 4.69) is 15.5 Å². The highest BCUT2D eigenvalue weighted by Crippen LogP contribution is 2.30. The maximum Gasteiger partial charge on any atom is 0.271 e. The van der Waals surface area contributed by atoms with Crippen LogP contribution >= 0.6 is 11.8 Å². The standard InChI is InChI=1S/C19H16N4O4S/c24-17(11-28-19-22-20-12-23(19)13-6-2-1-3-7-13)21-18(25)16-10-26-14-8-4-5-9-15(14)27-16/h1-9,12,16H,10-11H2,(H,21,24,25)/t16-/m1/s1. The quantitative estimate of drug-likeness (QED) is 0.658. The first kappa shape index (κ1) is 18.1. The molecule has 0 saturated carbocycles. The van der Waals surface area contributed by atoms with E-state index in [9.17, 15) is 9.59 Å². The van der Waals surface area contributed by atoms with Crippen molar-refractivity contribution in [1.29, 1.82) is 0 Å². The summed E-state index contributed by atoms with van der Waals surface area (Å²) in [7, 11) is 0. The lowest BCUT2D eigenvalue weighted by atomic mass is 10.2. The van der Waals surface area contributed by atoms with Crippen LogP contribution in [0.25, 0.3) is 5.69 Å². The van der Waals surface area contributed by atoms with Gasteiger partial charge >= 0.3 is 0 Å². The summed E-state index contributed by atoms with van der Waals surface area (Å²) in [6.45, 7) is 0.0472. The summed E-state index contributed by atoms with van der Waals surface area (Å²) in [5.74, 6) is 0.0894. The average Bonchev–Trinajstić information content (AvgIpc) is 3.21. The van der Waals surface area contributed by atoms with Crippen LogP contribution in [0.3, 0.4) is 0 Å². The largest absolute Gasteiger partial charge is 0.485 e. The van der Waals surface area contributed by atoms with E-state index in [0.29, 0.717) is 16.7 Å². The SMILES string of the molecule is O=C(CSc1nncn1-c1ccccc1)NC(=O)[C@H]1COc2ccccc2O1. The van der Waals surface area contributed by atoms with Crippen molar-refractivity contribution in [2.24, 2.45) is 0 Å². The molecule has 0 aliphatic carbocycles. The van der Waals surface area contributed by atoms with Crippen molar-refractivity contribution in [1.82, 2.24) is 20.1 Å². The second-order valence-electron chi connectivity index (χ2n) is 5.88.